The van der Waals surface area contributed by atoms with Crippen LogP contribution in [0.4, 0.5) is 0 Å². The van der Waals surface area contributed by atoms with Gasteiger partial charge in [-0.25, -0.2) is 0 Å². The van der Waals surface area contributed by atoms with Gasteiger partial charge in [-0.2, -0.15) is 0 Å². The predicted octanol–water partition coefficient (Wildman–Crippen LogP) is 2.50. The highest BCUT2D eigenvalue weighted by atomic mass is 35.5. The van der Waals surface area contributed by atoms with Crippen LogP contribution in [0.25, 0.3) is 0 Å². The molecule has 0 aliphatic heterocycles. The molecular formula is C12H20ClNO. The summed E-state index contributed by atoms with van der Waals surface area (Å²) in [5.41, 5.74) is 9.35. The molecule has 1 aromatic carbocycles. The number of rotatable bonds is 3. The molecule has 0 saturated heterocycles. The van der Waals surface area contributed by atoms with Crippen molar-refractivity contribution in [3.63, 3.8) is 0 Å². The van der Waals surface area contributed by atoms with Crippen molar-refractivity contribution < 1.29 is 5.11 Å². The van der Waals surface area contributed by atoms with Gasteiger partial charge in [0.2, 0.25) is 0 Å². The lowest BCUT2D eigenvalue weighted by Gasteiger charge is -2.18. The molecule has 0 unspecified atom stereocenters. The molecule has 0 aliphatic carbocycles. The molecule has 0 amide bonds. The van der Waals surface area contributed by atoms with Crippen molar-refractivity contribution in [2.75, 3.05) is 0 Å². The van der Waals surface area contributed by atoms with Gasteiger partial charge in [0.25, 0.3) is 0 Å². The Labute approximate surface area is 97.9 Å². The van der Waals surface area contributed by atoms with Crippen LogP contribution >= 0.6 is 12.4 Å². The van der Waals surface area contributed by atoms with Gasteiger partial charge in [0, 0.05) is 0 Å². The minimum Gasteiger partial charge on any atom is -0.391 e. The molecule has 0 saturated carbocycles. The van der Waals surface area contributed by atoms with Crippen LogP contribution in [0.5, 0.6) is 0 Å². The Balaban J connectivity index is 0.00000196. The summed E-state index contributed by atoms with van der Waals surface area (Å²) in [4.78, 5) is 0. The second-order valence-electron chi connectivity index (χ2n) is 3.92. The molecule has 1 aromatic rings. The van der Waals surface area contributed by atoms with E-state index in [0.29, 0.717) is 6.42 Å². The largest absolute Gasteiger partial charge is 0.391 e. The Morgan fingerprint density at radius 3 is 2.07 bits per heavy atom. The third-order valence-corrected chi connectivity index (χ3v) is 2.46. The molecule has 0 heterocycles. The van der Waals surface area contributed by atoms with Gasteiger partial charge in [-0.3, -0.25) is 0 Å². The molecule has 0 fully saturated rings. The number of hydrogen-bond acceptors (Lipinski definition) is 2. The first-order valence-electron chi connectivity index (χ1n) is 5.06. The third kappa shape index (κ3) is 3.82. The number of halogens is 1. The van der Waals surface area contributed by atoms with Crippen molar-refractivity contribution >= 4 is 12.4 Å². The van der Waals surface area contributed by atoms with Crippen molar-refractivity contribution in [2.24, 2.45) is 5.73 Å². The highest BCUT2D eigenvalue weighted by Gasteiger charge is 2.14. The van der Waals surface area contributed by atoms with Gasteiger partial charge in [-0.15, -0.1) is 12.4 Å². The van der Waals surface area contributed by atoms with Gasteiger partial charge in [0.05, 0.1) is 12.1 Å². The standard InChI is InChI=1S/C12H19NO.ClH/c1-4-11(14)12(13)10-6-8(2)5-9(3)7-10;/h5-7,11-12,14H,4,13H2,1-3H3;1H/t11-,12+;/m1./s1. The van der Waals surface area contributed by atoms with Gasteiger partial charge in [0.1, 0.15) is 0 Å². The molecule has 2 nitrogen and oxygen atoms in total. The van der Waals surface area contributed by atoms with Gasteiger partial charge < -0.3 is 10.8 Å². The SMILES string of the molecule is CC[C@@H](O)[C@@H](N)c1cc(C)cc(C)c1.Cl. The first-order chi connectivity index (χ1) is 6.54. The van der Waals surface area contributed by atoms with Crippen molar-refractivity contribution in [3.8, 4) is 0 Å². The summed E-state index contributed by atoms with van der Waals surface area (Å²) in [5, 5.41) is 9.64. The monoisotopic (exact) mass is 229 g/mol. The molecule has 0 aliphatic rings. The van der Waals surface area contributed by atoms with Crippen LogP contribution in [0.1, 0.15) is 36.1 Å². The zero-order chi connectivity index (χ0) is 10.7. The third-order valence-electron chi connectivity index (χ3n) is 2.46. The van der Waals surface area contributed by atoms with Crippen LogP contribution < -0.4 is 5.73 Å². The van der Waals surface area contributed by atoms with E-state index in [0.717, 1.165) is 5.56 Å². The Hall–Kier alpha value is -0.570. The van der Waals surface area contributed by atoms with Crippen LogP contribution in [0.3, 0.4) is 0 Å². The van der Waals surface area contributed by atoms with Crippen molar-refractivity contribution in [2.45, 2.75) is 39.3 Å². The fourth-order valence-corrected chi connectivity index (χ4v) is 1.68. The molecule has 2 atom stereocenters. The number of nitrogens with two attached hydrogens (primary N) is 1. The first-order valence-corrected chi connectivity index (χ1v) is 5.06. The van der Waals surface area contributed by atoms with E-state index in [4.69, 9.17) is 5.73 Å². The quantitative estimate of drug-likeness (QED) is 0.837. The Bertz CT molecular complexity index is 294. The van der Waals surface area contributed by atoms with E-state index < -0.39 is 6.10 Å². The highest BCUT2D eigenvalue weighted by Crippen LogP contribution is 2.19. The highest BCUT2D eigenvalue weighted by molar-refractivity contribution is 5.85. The van der Waals surface area contributed by atoms with E-state index in [2.05, 4.69) is 6.07 Å². The Kier molecular flexibility index (Phi) is 5.88. The summed E-state index contributed by atoms with van der Waals surface area (Å²) in [6, 6.07) is 5.92. The summed E-state index contributed by atoms with van der Waals surface area (Å²) in [6.07, 6.45) is 0.241. The number of hydrogen-bond donors (Lipinski definition) is 2. The van der Waals surface area contributed by atoms with Crippen LogP contribution in [-0.4, -0.2) is 11.2 Å². The zero-order valence-corrected chi connectivity index (χ0v) is 10.3. The average Bonchev–Trinajstić information content (AvgIpc) is 2.14. The van der Waals surface area contributed by atoms with E-state index >= 15 is 0 Å². The lowest BCUT2D eigenvalue weighted by Crippen LogP contribution is -2.25. The second kappa shape index (κ2) is 6.11. The molecule has 86 valence electrons. The summed E-state index contributed by atoms with van der Waals surface area (Å²) >= 11 is 0. The smallest absolute Gasteiger partial charge is 0.0730 e. The maximum absolute atomic E-state index is 9.64. The maximum Gasteiger partial charge on any atom is 0.0730 e. The Morgan fingerprint density at radius 1 is 1.20 bits per heavy atom. The molecule has 1 rings (SSSR count). The maximum atomic E-state index is 9.64. The molecule has 0 aromatic heterocycles. The number of benzene rings is 1. The first kappa shape index (κ1) is 14.4. The number of aliphatic hydroxyl groups is 1. The van der Waals surface area contributed by atoms with E-state index in [1.807, 2.05) is 32.9 Å². The fourth-order valence-electron chi connectivity index (χ4n) is 1.68. The second-order valence-corrected chi connectivity index (χ2v) is 3.92. The average molecular weight is 230 g/mol. The molecular weight excluding hydrogens is 210 g/mol. The van der Waals surface area contributed by atoms with Crippen LogP contribution in [-0.2, 0) is 0 Å². The van der Waals surface area contributed by atoms with Crippen molar-refractivity contribution in [1.82, 2.24) is 0 Å². The van der Waals surface area contributed by atoms with E-state index in [-0.39, 0.29) is 18.4 Å². The summed E-state index contributed by atoms with van der Waals surface area (Å²) in [7, 11) is 0. The Morgan fingerprint density at radius 2 is 1.67 bits per heavy atom. The summed E-state index contributed by atoms with van der Waals surface area (Å²) in [6.45, 7) is 6.02. The molecule has 0 bridgehead atoms. The molecule has 15 heavy (non-hydrogen) atoms. The van der Waals surface area contributed by atoms with Gasteiger partial charge >= 0.3 is 0 Å². The van der Waals surface area contributed by atoms with E-state index in [1.165, 1.54) is 11.1 Å². The number of aryl methyl sites for hydroxylation is 2. The zero-order valence-electron chi connectivity index (χ0n) is 9.53. The van der Waals surface area contributed by atoms with Crippen molar-refractivity contribution in [3.05, 3.63) is 34.9 Å². The van der Waals surface area contributed by atoms with E-state index in [9.17, 15) is 5.11 Å². The summed E-state index contributed by atoms with van der Waals surface area (Å²) < 4.78 is 0. The molecule has 3 N–H and O–H groups in total. The number of aliphatic hydroxyl groups excluding tert-OH is 1. The van der Waals surface area contributed by atoms with Crippen LogP contribution in [0.2, 0.25) is 0 Å². The minimum absolute atomic E-state index is 0. The predicted molar refractivity (Wildman–Crippen MR) is 66.4 cm³/mol. The lowest BCUT2D eigenvalue weighted by atomic mass is 9.97. The van der Waals surface area contributed by atoms with Gasteiger partial charge in [-0.05, 0) is 25.8 Å². The lowest BCUT2D eigenvalue weighted by molar-refractivity contribution is 0.140. The minimum atomic E-state index is -0.448. The molecule has 3 heteroatoms. The topological polar surface area (TPSA) is 46.2 Å². The van der Waals surface area contributed by atoms with Crippen molar-refractivity contribution in [1.29, 1.82) is 0 Å². The molecule has 0 radical (unpaired) electrons. The van der Waals surface area contributed by atoms with Gasteiger partial charge in [-0.1, -0.05) is 36.2 Å². The van der Waals surface area contributed by atoms with Gasteiger partial charge in [0.15, 0.2) is 0 Å². The van der Waals surface area contributed by atoms with Crippen LogP contribution in [0.15, 0.2) is 18.2 Å². The van der Waals surface area contributed by atoms with Crippen LogP contribution in [0, 0.1) is 13.8 Å². The summed E-state index contributed by atoms with van der Waals surface area (Å²) in [5.74, 6) is 0. The normalized spacial score (nSPS) is 14.2. The van der Waals surface area contributed by atoms with E-state index in [1.54, 1.807) is 0 Å². The molecule has 0 spiro atoms. The fraction of sp³-hybridized carbons (Fsp3) is 0.500.